The Hall–Kier alpha value is -0.0800. The standard InChI is InChI=1S/C8H17NO/c1-3-4-8-6-10-5-7(2)9-8/h7-9H,3-6H2,1-2H3. The molecule has 0 aromatic rings. The largest absolute Gasteiger partial charge is 0.378 e. The third kappa shape index (κ3) is 2.27. The molecule has 0 saturated carbocycles. The Balaban J connectivity index is 2.18. The Morgan fingerprint density at radius 1 is 1.50 bits per heavy atom. The molecule has 0 aromatic heterocycles. The summed E-state index contributed by atoms with van der Waals surface area (Å²) in [4.78, 5) is 0. The molecular weight excluding hydrogens is 126 g/mol. The first-order valence-corrected chi connectivity index (χ1v) is 4.16. The van der Waals surface area contributed by atoms with Crippen molar-refractivity contribution in [1.29, 1.82) is 0 Å². The first-order valence-electron chi connectivity index (χ1n) is 4.16. The molecule has 1 aliphatic heterocycles. The molecule has 0 aliphatic carbocycles. The number of nitrogens with one attached hydrogen (secondary N) is 1. The first-order chi connectivity index (χ1) is 4.83. The van der Waals surface area contributed by atoms with E-state index in [1.165, 1.54) is 12.8 Å². The van der Waals surface area contributed by atoms with E-state index in [-0.39, 0.29) is 0 Å². The van der Waals surface area contributed by atoms with Crippen molar-refractivity contribution in [3.05, 3.63) is 0 Å². The topological polar surface area (TPSA) is 21.3 Å². The molecule has 60 valence electrons. The van der Waals surface area contributed by atoms with Gasteiger partial charge in [-0.25, -0.2) is 0 Å². The number of hydrogen-bond acceptors (Lipinski definition) is 2. The molecule has 1 aliphatic rings. The lowest BCUT2D eigenvalue weighted by atomic mass is 10.1. The highest BCUT2D eigenvalue weighted by Crippen LogP contribution is 2.04. The fraction of sp³-hybridized carbons (Fsp3) is 1.00. The summed E-state index contributed by atoms with van der Waals surface area (Å²) < 4.78 is 5.38. The highest BCUT2D eigenvalue weighted by Gasteiger charge is 2.16. The molecule has 1 N–H and O–H groups in total. The molecule has 1 fully saturated rings. The SMILES string of the molecule is CCCC1COCC(C)N1. The molecule has 2 heteroatoms. The summed E-state index contributed by atoms with van der Waals surface area (Å²) in [6.07, 6.45) is 2.48. The van der Waals surface area contributed by atoms with Crippen molar-refractivity contribution in [3.8, 4) is 0 Å². The quantitative estimate of drug-likeness (QED) is 0.626. The minimum absolute atomic E-state index is 0.547. The summed E-state index contributed by atoms with van der Waals surface area (Å²) in [7, 11) is 0. The highest BCUT2D eigenvalue weighted by atomic mass is 16.5. The van der Waals surface area contributed by atoms with Crippen molar-refractivity contribution >= 4 is 0 Å². The van der Waals surface area contributed by atoms with E-state index in [0.717, 1.165) is 13.2 Å². The van der Waals surface area contributed by atoms with Crippen LogP contribution in [0.5, 0.6) is 0 Å². The van der Waals surface area contributed by atoms with Crippen LogP contribution >= 0.6 is 0 Å². The molecule has 1 rings (SSSR count). The molecular formula is C8H17NO. The van der Waals surface area contributed by atoms with E-state index in [9.17, 15) is 0 Å². The Labute approximate surface area is 63.0 Å². The number of hydrogen-bond donors (Lipinski definition) is 1. The van der Waals surface area contributed by atoms with Crippen molar-refractivity contribution in [2.75, 3.05) is 13.2 Å². The third-order valence-corrected chi connectivity index (χ3v) is 1.84. The Morgan fingerprint density at radius 3 is 2.90 bits per heavy atom. The van der Waals surface area contributed by atoms with Crippen LogP contribution in [0.3, 0.4) is 0 Å². The average molecular weight is 143 g/mol. The zero-order chi connectivity index (χ0) is 7.40. The van der Waals surface area contributed by atoms with Gasteiger partial charge in [0.15, 0.2) is 0 Å². The molecule has 2 unspecified atom stereocenters. The second-order valence-corrected chi connectivity index (χ2v) is 3.09. The lowest BCUT2D eigenvalue weighted by Crippen LogP contribution is -2.47. The van der Waals surface area contributed by atoms with Gasteiger partial charge in [-0.1, -0.05) is 13.3 Å². The van der Waals surface area contributed by atoms with Crippen molar-refractivity contribution in [1.82, 2.24) is 5.32 Å². The van der Waals surface area contributed by atoms with Crippen LogP contribution in [0.15, 0.2) is 0 Å². The smallest absolute Gasteiger partial charge is 0.0620 e. The van der Waals surface area contributed by atoms with Crippen LogP contribution in [-0.2, 0) is 4.74 Å². The predicted molar refractivity (Wildman–Crippen MR) is 42.1 cm³/mol. The summed E-state index contributed by atoms with van der Waals surface area (Å²) in [5, 5.41) is 3.49. The van der Waals surface area contributed by atoms with E-state index in [2.05, 4.69) is 19.2 Å². The summed E-state index contributed by atoms with van der Waals surface area (Å²) in [5.41, 5.74) is 0. The maximum atomic E-state index is 5.38. The van der Waals surface area contributed by atoms with Gasteiger partial charge in [-0.2, -0.15) is 0 Å². The Morgan fingerprint density at radius 2 is 2.30 bits per heavy atom. The summed E-state index contributed by atoms with van der Waals surface area (Å²) in [5.74, 6) is 0. The van der Waals surface area contributed by atoms with E-state index in [4.69, 9.17) is 4.74 Å². The van der Waals surface area contributed by atoms with Crippen LogP contribution in [0.25, 0.3) is 0 Å². The fourth-order valence-corrected chi connectivity index (χ4v) is 1.40. The van der Waals surface area contributed by atoms with Gasteiger partial charge in [0.1, 0.15) is 0 Å². The number of ether oxygens (including phenoxy) is 1. The van der Waals surface area contributed by atoms with Crippen LogP contribution < -0.4 is 5.32 Å². The van der Waals surface area contributed by atoms with Gasteiger partial charge in [-0.3, -0.25) is 0 Å². The van der Waals surface area contributed by atoms with E-state index in [1.807, 2.05) is 0 Å². The maximum Gasteiger partial charge on any atom is 0.0620 e. The summed E-state index contributed by atoms with van der Waals surface area (Å²) in [6.45, 7) is 6.15. The average Bonchev–Trinajstić information content (AvgIpc) is 1.88. The van der Waals surface area contributed by atoms with Gasteiger partial charge in [0, 0.05) is 12.1 Å². The second kappa shape index (κ2) is 3.94. The van der Waals surface area contributed by atoms with Crippen molar-refractivity contribution in [3.63, 3.8) is 0 Å². The van der Waals surface area contributed by atoms with Gasteiger partial charge in [0.05, 0.1) is 13.2 Å². The molecule has 1 heterocycles. The van der Waals surface area contributed by atoms with Crippen LogP contribution in [0, 0.1) is 0 Å². The molecule has 0 radical (unpaired) electrons. The van der Waals surface area contributed by atoms with Crippen LogP contribution in [-0.4, -0.2) is 25.3 Å². The third-order valence-electron chi connectivity index (χ3n) is 1.84. The van der Waals surface area contributed by atoms with Crippen molar-refractivity contribution in [2.45, 2.75) is 38.8 Å². The normalized spacial score (nSPS) is 34.2. The Bertz CT molecular complexity index is 93.3. The second-order valence-electron chi connectivity index (χ2n) is 3.09. The van der Waals surface area contributed by atoms with E-state index < -0.39 is 0 Å². The van der Waals surface area contributed by atoms with E-state index in [0.29, 0.717) is 12.1 Å². The van der Waals surface area contributed by atoms with E-state index in [1.54, 1.807) is 0 Å². The maximum absolute atomic E-state index is 5.38. The predicted octanol–water partition coefficient (Wildman–Crippen LogP) is 1.16. The number of rotatable bonds is 2. The van der Waals surface area contributed by atoms with Crippen molar-refractivity contribution < 1.29 is 4.74 Å². The monoisotopic (exact) mass is 143 g/mol. The fourth-order valence-electron chi connectivity index (χ4n) is 1.40. The zero-order valence-corrected chi connectivity index (χ0v) is 6.89. The molecule has 0 aromatic carbocycles. The van der Waals surface area contributed by atoms with Crippen molar-refractivity contribution in [2.24, 2.45) is 0 Å². The molecule has 2 nitrogen and oxygen atoms in total. The summed E-state index contributed by atoms with van der Waals surface area (Å²) >= 11 is 0. The minimum Gasteiger partial charge on any atom is -0.378 e. The van der Waals surface area contributed by atoms with E-state index >= 15 is 0 Å². The minimum atomic E-state index is 0.547. The number of morpholine rings is 1. The van der Waals surface area contributed by atoms with Gasteiger partial charge >= 0.3 is 0 Å². The van der Waals surface area contributed by atoms with Crippen LogP contribution in [0.1, 0.15) is 26.7 Å². The van der Waals surface area contributed by atoms with Crippen LogP contribution in [0.2, 0.25) is 0 Å². The summed E-state index contributed by atoms with van der Waals surface area (Å²) in [6, 6.07) is 1.15. The van der Waals surface area contributed by atoms with Gasteiger partial charge in [0.25, 0.3) is 0 Å². The van der Waals surface area contributed by atoms with Crippen LogP contribution in [0.4, 0.5) is 0 Å². The lowest BCUT2D eigenvalue weighted by Gasteiger charge is -2.28. The highest BCUT2D eigenvalue weighted by molar-refractivity contribution is 4.74. The molecule has 2 atom stereocenters. The molecule has 0 spiro atoms. The molecule has 1 saturated heterocycles. The lowest BCUT2D eigenvalue weighted by molar-refractivity contribution is 0.0480. The van der Waals surface area contributed by atoms with Gasteiger partial charge < -0.3 is 10.1 Å². The van der Waals surface area contributed by atoms with Gasteiger partial charge in [-0.05, 0) is 13.3 Å². The molecule has 0 bridgehead atoms. The zero-order valence-electron chi connectivity index (χ0n) is 6.89. The molecule has 0 amide bonds. The first kappa shape index (κ1) is 8.02. The Kier molecular flexibility index (Phi) is 3.16. The van der Waals surface area contributed by atoms with Gasteiger partial charge in [0.2, 0.25) is 0 Å². The molecule has 10 heavy (non-hydrogen) atoms. The van der Waals surface area contributed by atoms with Gasteiger partial charge in [-0.15, -0.1) is 0 Å².